The first-order chi connectivity index (χ1) is 15.2. The molecule has 32 heavy (non-hydrogen) atoms. The molecule has 0 saturated heterocycles. The van der Waals surface area contributed by atoms with Crippen LogP contribution in [0.2, 0.25) is 0 Å². The van der Waals surface area contributed by atoms with E-state index in [1.54, 1.807) is 0 Å². The van der Waals surface area contributed by atoms with Gasteiger partial charge in [0.2, 0.25) is 0 Å². The number of rotatable bonds is 6. The standard InChI is InChI=1S/C30H50O2/c1-8-21(19(2)3)10-9-20(4)24-11-12-25-28-26(14-16-30(24,25)6)29(5)15-13-23(31)17-22(29)18-27(28)32-7/h9-10,19-22,24-28H,8,11-18H2,1-7H3/b10-9+/t20?,21?,22-,24?,25?,26?,27-,28?,29?,30?/m1/s1. The Morgan fingerprint density at radius 1 is 1.03 bits per heavy atom. The number of carbonyl (C=O) groups excluding carboxylic acids is 1. The summed E-state index contributed by atoms with van der Waals surface area (Å²) in [4.78, 5) is 12.3. The lowest BCUT2D eigenvalue weighted by Crippen LogP contribution is -2.58. The van der Waals surface area contributed by atoms with Crippen molar-refractivity contribution >= 4 is 5.78 Å². The summed E-state index contributed by atoms with van der Waals surface area (Å²) in [6, 6.07) is 0. The van der Waals surface area contributed by atoms with E-state index in [1.165, 1.54) is 32.1 Å². The Balaban J connectivity index is 1.57. The normalized spacial score (nSPS) is 46.1. The molecule has 8 unspecified atom stereocenters. The van der Waals surface area contributed by atoms with Crippen LogP contribution in [0.15, 0.2) is 12.2 Å². The molecular weight excluding hydrogens is 392 g/mol. The van der Waals surface area contributed by atoms with Crippen LogP contribution < -0.4 is 0 Å². The highest BCUT2D eigenvalue weighted by molar-refractivity contribution is 5.79. The second-order valence-corrected chi connectivity index (χ2v) is 13.0. The van der Waals surface area contributed by atoms with Crippen molar-refractivity contribution in [1.82, 2.24) is 0 Å². The van der Waals surface area contributed by atoms with E-state index in [0.29, 0.717) is 46.4 Å². The fraction of sp³-hybridized carbons (Fsp3) is 0.900. The molecule has 182 valence electrons. The molecule has 0 N–H and O–H groups in total. The van der Waals surface area contributed by atoms with Gasteiger partial charge in [-0.15, -0.1) is 0 Å². The lowest BCUT2D eigenvalue weighted by molar-refractivity contribution is -0.175. The maximum absolute atomic E-state index is 12.3. The van der Waals surface area contributed by atoms with Crippen molar-refractivity contribution in [3.63, 3.8) is 0 Å². The maximum Gasteiger partial charge on any atom is 0.133 e. The average Bonchev–Trinajstić information content (AvgIpc) is 3.11. The fourth-order valence-corrected chi connectivity index (χ4v) is 9.42. The number of fused-ring (bicyclic) bond motifs is 5. The zero-order valence-corrected chi connectivity index (χ0v) is 22.0. The monoisotopic (exact) mass is 442 g/mol. The van der Waals surface area contributed by atoms with Crippen molar-refractivity contribution in [1.29, 1.82) is 0 Å². The molecule has 2 nitrogen and oxygen atoms in total. The minimum Gasteiger partial charge on any atom is -0.381 e. The number of hydrogen-bond acceptors (Lipinski definition) is 2. The van der Waals surface area contributed by atoms with Crippen molar-refractivity contribution in [2.75, 3.05) is 7.11 Å². The van der Waals surface area contributed by atoms with Gasteiger partial charge in [0.25, 0.3) is 0 Å². The van der Waals surface area contributed by atoms with Crippen LogP contribution in [0.5, 0.6) is 0 Å². The number of methoxy groups -OCH3 is 1. The quantitative estimate of drug-likeness (QED) is 0.394. The van der Waals surface area contributed by atoms with E-state index in [2.05, 4.69) is 53.7 Å². The zero-order chi connectivity index (χ0) is 23.3. The Kier molecular flexibility index (Phi) is 7.04. The van der Waals surface area contributed by atoms with Gasteiger partial charge in [-0.25, -0.2) is 0 Å². The molecular formula is C30H50O2. The van der Waals surface area contributed by atoms with Crippen molar-refractivity contribution in [2.45, 2.75) is 105 Å². The molecule has 2 heteroatoms. The van der Waals surface area contributed by atoms with E-state index in [9.17, 15) is 4.79 Å². The molecule has 4 aliphatic carbocycles. The van der Waals surface area contributed by atoms with Crippen LogP contribution in [0.25, 0.3) is 0 Å². The minimum absolute atomic E-state index is 0.351. The Morgan fingerprint density at radius 3 is 2.41 bits per heavy atom. The lowest BCUT2D eigenvalue weighted by Gasteiger charge is -2.62. The van der Waals surface area contributed by atoms with Crippen LogP contribution in [-0.2, 0) is 9.53 Å². The van der Waals surface area contributed by atoms with Crippen molar-refractivity contribution in [2.24, 2.45) is 58.2 Å². The van der Waals surface area contributed by atoms with Gasteiger partial charge < -0.3 is 4.74 Å². The second-order valence-electron chi connectivity index (χ2n) is 13.0. The Hall–Kier alpha value is -0.630. The summed E-state index contributed by atoms with van der Waals surface area (Å²) in [5.74, 6) is 6.15. The van der Waals surface area contributed by atoms with Gasteiger partial charge in [-0.2, -0.15) is 0 Å². The summed E-state index contributed by atoms with van der Waals surface area (Å²) in [7, 11) is 1.94. The molecule has 0 amide bonds. The largest absolute Gasteiger partial charge is 0.381 e. The highest BCUT2D eigenvalue weighted by Crippen LogP contribution is 2.68. The van der Waals surface area contributed by atoms with Crippen molar-refractivity contribution < 1.29 is 9.53 Å². The summed E-state index contributed by atoms with van der Waals surface area (Å²) in [6.07, 6.45) is 16.0. The fourth-order valence-electron chi connectivity index (χ4n) is 9.42. The lowest BCUT2D eigenvalue weighted by atomic mass is 9.44. The summed E-state index contributed by atoms with van der Waals surface area (Å²) in [6.45, 7) is 14.7. The average molecular weight is 443 g/mol. The molecule has 0 aromatic carbocycles. The Bertz CT molecular complexity index is 710. The summed E-state index contributed by atoms with van der Waals surface area (Å²) < 4.78 is 6.23. The molecule has 0 radical (unpaired) electrons. The zero-order valence-electron chi connectivity index (χ0n) is 22.0. The number of allylic oxidation sites excluding steroid dienone is 2. The first-order valence-corrected chi connectivity index (χ1v) is 13.9. The first kappa shape index (κ1) is 24.5. The summed E-state index contributed by atoms with van der Waals surface area (Å²) >= 11 is 0. The smallest absolute Gasteiger partial charge is 0.133 e. The third-order valence-electron chi connectivity index (χ3n) is 11.5. The molecule has 0 aromatic rings. The van der Waals surface area contributed by atoms with Gasteiger partial charge in [0.15, 0.2) is 0 Å². The van der Waals surface area contributed by atoms with E-state index < -0.39 is 0 Å². The van der Waals surface area contributed by atoms with E-state index in [1.807, 2.05) is 7.11 Å². The summed E-state index contributed by atoms with van der Waals surface area (Å²) in [5, 5.41) is 0. The van der Waals surface area contributed by atoms with Gasteiger partial charge in [-0.3, -0.25) is 4.79 Å². The van der Waals surface area contributed by atoms with Crippen LogP contribution in [0.4, 0.5) is 0 Å². The van der Waals surface area contributed by atoms with Gasteiger partial charge in [-0.1, -0.05) is 53.7 Å². The highest BCUT2D eigenvalue weighted by Gasteiger charge is 2.63. The molecule has 0 heterocycles. The summed E-state index contributed by atoms with van der Waals surface area (Å²) in [5.41, 5.74) is 0.791. The van der Waals surface area contributed by atoms with Gasteiger partial charge in [0, 0.05) is 20.0 Å². The Labute approximate surface area is 198 Å². The van der Waals surface area contributed by atoms with E-state index >= 15 is 0 Å². The third-order valence-corrected chi connectivity index (χ3v) is 11.5. The van der Waals surface area contributed by atoms with E-state index in [0.717, 1.165) is 49.4 Å². The molecule has 0 aliphatic heterocycles. The molecule has 4 fully saturated rings. The molecule has 4 saturated carbocycles. The highest BCUT2D eigenvalue weighted by atomic mass is 16.5. The minimum atomic E-state index is 0.351. The first-order valence-electron chi connectivity index (χ1n) is 13.9. The van der Waals surface area contributed by atoms with Gasteiger partial charge >= 0.3 is 0 Å². The number of ether oxygens (including phenoxy) is 1. The molecule has 0 aromatic heterocycles. The van der Waals surface area contributed by atoms with Gasteiger partial charge in [0.1, 0.15) is 5.78 Å². The van der Waals surface area contributed by atoms with Crippen LogP contribution in [0.1, 0.15) is 99.3 Å². The molecule has 0 spiro atoms. The number of ketones is 1. The van der Waals surface area contributed by atoms with E-state index in [4.69, 9.17) is 4.74 Å². The molecule has 4 aliphatic rings. The van der Waals surface area contributed by atoms with Crippen LogP contribution in [-0.4, -0.2) is 19.0 Å². The molecule has 4 rings (SSSR count). The number of Topliss-reactive ketones (excluding diaryl/α,β-unsaturated/α-hetero) is 1. The van der Waals surface area contributed by atoms with E-state index in [-0.39, 0.29) is 0 Å². The third kappa shape index (κ3) is 3.95. The SMILES string of the molecule is CCC(/C=C/C(C)C1CCC2C3C(CCC12C)C1(C)CCC(=O)C[C@@H]1C[C@H]3OC)C(C)C. The number of hydrogen-bond donors (Lipinski definition) is 0. The predicted molar refractivity (Wildman–Crippen MR) is 133 cm³/mol. The van der Waals surface area contributed by atoms with Crippen LogP contribution in [0.3, 0.4) is 0 Å². The van der Waals surface area contributed by atoms with Gasteiger partial charge in [0.05, 0.1) is 6.10 Å². The van der Waals surface area contributed by atoms with Crippen LogP contribution in [0, 0.1) is 58.2 Å². The van der Waals surface area contributed by atoms with Crippen molar-refractivity contribution in [3.05, 3.63) is 12.2 Å². The maximum atomic E-state index is 12.3. The molecule has 10 atom stereocenters. The molecule has 0 bridgehead atoms. The topological polar surface area (TPSA) is 26.3 Å². The van der Waals surface area contributed by atoms with Gasteiger partial charge in [-0.05, 0) is 103 Å². The van der Waals surface area contributed by atoms with Crippen LogP contribution >= 0.6 is 0 Å². The second kappa shape index (κ2) is 9.20. The predicted octanol–water partition coefficient (Wildman–Crippen LogP) is 7.71. The Morgan fingerprint density at radius 2 is 1.75 bits per heavy atom. The number of carbonyl (C=O) groups is 1. The van der Waals surface area contributed by atoms with Crippen molar-refractivity contribution in [3.8, 4) is 0 Å².